The van der Waals surface area contributed by atoms with Crippen LogP contribution in [0.5, 0.6) is 0 Å². The van der Waals surface area contributed by atoms with Crippen molar-refractivity contribution in [3.63, 3.8) is 0 Å². The molecular weight excluding hydrogens is 614 g/mol. The Kier molecular flexibility index (Phi) is 13.9. The first-order valence-electron chi connectivity index (χ1n) is 15.9. The largest absolute Gasteiger partial charge is 0.455 e. The lowest BCUT2D eigenvalue weighted by molar-refractivity contribution is -0.299. The number of esters is 2. The molecule has 0 aliphatic carbocycles. The van der Waals surface area contributed by atoms with E-state index in [0.29, 0.717) is 24.9 Å². The molecule has 1 aliphatic heterocycles. The number of aliphatic hydroxyl groups is 1. The first-order valence-corrected chi connectivity index (χ1v) is 15.9. The Labute approximate surface area is 281 Å². The molecule has 1 aliphatic rings. The van der Waals surface area contributed by atoms with Gasteiger partial charge in [-0.05, 0) is 48.9 Å². The quantitative estimate of drug-likeness (QED) is 0.114. The van der Waals surface area contributed by atoms with Crippen LogP contribution in [0.4, 0.5) is 10.5 Å². The molecule has 0 saturated carbocycles. The first kappa shape index (κ1) is 36.1. The summed E-state index contributed by atoms with van der Waals surface area (Å²) in [6.07, 6.45) is -2.99. The minimum Gasteiger partial charge on any atom is -0.455 e. The molecule has 10 heteroatoms. The van der Waals surface area contributed by atoms with Crippen molar-refractivity contribution in [2.45, 2.75) is 56.4 Å². The van der Waals surface area contributed by atoms with Crippen molar-refractivity contribution in [1.29, 1.82) is 0 Å². The van der Waals surface area contributed by atoms with Crippen LogP contribution in [0, 0.1) is 11.8 Å². The molecule has 1 heterocycles. The molecule has 1 fully saturated rings. The summed E-state index contributed by atoms with van der Waals surface area (Å²) in [6.45, 7) is 6.99. The van der Waals surface area contributed by atoms with E-state index in [1.165, 1.54) is 7.11 Å². The highest BCUT2D eigenvalue weighted by Gasteiger charge is 2.53. The van der Waals surface area contributed by atoms with E-state index in [-0.39, 0.29) is 6.42 Å². The summed E-state index contributed by atoms with van der Waals surface area (Å²) in [7, 11) is 1.33. The smallest absolute Gasteiger partial charge is 0.412 e. The number of nitrogens with one attached hydrogen (secondary N) is 1. The number of methoxy groups -OCH3 is 1. The number of rotatable bonds is 16. The number of para-hydroxylation sites is 1. The van der Waals surface area contributed by atoms with Crippen LogP contribution >= 0.6 is 0 Å². The molecule has 7 atom stereocenters. The lowest BCUT2D eigenvalue weighted by Crippen LogP contribution is -2.63. The predicted molar refractivity (Wildman–Crippen MR) is 180 cm³/mol. The number of allylic oxidation sites excluding steroid dienone is 2. The maximum Gasteiger partial charge on any atom is 0.412 e. The highest BCUT2D eigenvalue weighted by molar-refractivity contribution is 5.84. The maximum atomic E-state index is 13.9. The Morgan fingerprint density at radius 1 is 0.750 bits per heavy atom. The number of hydrogen-bond donors (Lipinski definition) is 2. The fourth-order valence-corrected chi connectivity index (χ4v) is 5.60. The molecular formula is C38H43NO9. The van der Waals surface area contributed by atoms with Crippen LogP contribution < -0.4 is 5.32 Å². The summed E-state index contributed by atoms with van der Waals surface area (Å²) >= 11 is 0. The topological polar surface area (TPSA) is 130 Å². The van der Waals surface area contributed by atoms with Crippen molar-refractivity contribution in [3.05, 3.63) is 127 Å². The third-order valence-electron chi connectivity index (χ3n) is 7.99. The number of carbonyl (C=O) groups excluding carboxylic acids is 3. The standard InChI is InChI=1S/C38H43NO9/c1-4-15-28(23-26-17-9-6-10-18-26)35(41)46-32-31(25-40)45-37(44-3)34(48-38(43)39-30-21-13-8-14-22-30)33(32)47-36(42)29(16-5-2)24-27-19-11-7-12-20-27/h4-14,17-22,28-29,31-34,37,40H,1-2,15-16,23-25H2,3H3,(H,39,43)/t28-,29-,31+,32+,33-,34-,37-/m0/s1. The summed E-state index contributed by atoms with van der Waals surface area (Å²) in [5, 5.41) is 13.0. The summed E-state index contributed by atoms with van der Waals surface area (Å²) in [5.74, 6) is -2.57. The summed E-state index contributed by atoms with van der Waals surface area (Å²) in [5.41, 5.74) is 2.27. The van der Waals surface area contributed by atoms with E-state index < -0.39 is 67.2 Å². The Bertz CT molecular complexity index is 1470. The Morgan fingerprint density at radius 3 is 1.69 bits per heavy atom. The third kappa shape index (κ3) is 10.1. The van der Waals surface area contributed by atoms with Gasteiger partial charge in [0.15, 0.2) is 24.6 Å². The van der Waals surface area contributed by atoms with Gasteiger partial charge >= 0.3 is 18.0 Å². The summed E-state index contributed by atoms with van der Waals surface area (Å²) in [6, 6.07) is 27.5. The fraction of sp³-hybridized carbons (Fsp3) is 0.342. The molecule has 1 saturated heterocycles. The number of ether oxygens (including phenoxy) is 5. The van der Waals surface area contributed by atoms with E-state index >= 15 is 0 Å². The summed E-state index contributed by atoms with van der Waals surface area (Å²) < 4.78 is 29.4. The number of benzene rings is 3. The van der Waals surface area contributed by atoms with Gasteiger partial charge in [-0.15, -0.1) is 13.2 Å². The average molecular weight is 658 g/mol. The van der Waals surface area contributed by atoms with Gasteiger partial charge in [-0.1, -0.05) is 91.0 Å². The van der Waals surface area contributed by atoms with E-state index in [2.05, 4.69) is 18.5 Å². The lowest BCUT2D eigenvalue weighted by Gasteiger charge is -2.44. The third-order valence-corrected chi connectivity index (χ3v) is 7.99. The number of aliphatic hydroxyl groups excluding tert-OH is 1. The van der Waals surface area contributed by atoms with Gasteiger partial charge in [0.25, 0.3) is 0 Å². The molecule has 254 valence electrons. The molecule has 0 radical (unpaired) electrons. The van der Waals surface area contributed by atoms with Gasteiger partial charge in [0, 0.05) is 12.8 Å². The monoisotopic (exact) mass is 657 g/mol. The molecule has 3 aromatic carbocycles. The molecule has 0 bridgehead atoms. The van der Waals surface area contributed by atoms with Crippen molar-refractivity contribution < 1.29 is 43.2 Å². The molecule has 0 unspecified atom stereocenters. The van der Waals surface area contributed by atoms with E-state index in [0.717, 1.165) is 11.1 Å². The molecule has 1 amide bonds. The van der Waals surface area contributed by atoms with E-state index in [1.54, 1.807) is 42.5 Å². The maximum absolute atomic E-state index is 13.9. The highest BCUT2D eigenvalue weighted by Crippen LogP contribution is 2.32. The van der Waals surface area contributed by atoms with Crippen molar-refractivity contribution in [3.8, 4) is 0 Å². The van der Waals surface area contributed by atoms with Gasteiger partial charge in [0.2, 0.25) is 0 Å². The molecule has 0 spiro atoms. The fourth-order valence-electron chi connectivity index (χ4n) is 5.60. The minimum atomic E-state index is -1.41. The van der Waals surface area contributed by atoms with Gasteiger partial charge in [0.1, 0.15) is 6.10 Å². The van der Waals surface area contributed by atoms with Crippen LogP contribution in [0.1, 0.15) is 24.0 Å². The molecule has 10 nitrogen and oxygen atoms in total. The molecule has 48 heavy (non-hydrogen) atoms. The zero-order valence-electron chi connectivity index (χ0n) is 27.0. The second-order valence-corrected chi connectivity index (χ2v) is 11.4. The van der Waals surface area contributed by atoms with Crippen LogP contribution in [0.3, 0.4) is 0 Å². The molecule has 2 N–H and O–H groups in total. The van der Waals surface area contributed by atoms with Crippen LogP contribution in [0.2, 0.25) is 0 Å². The SMILES string of the molecule is C=CC[C@@H](Cc1ccccc1)C(=O)O[C@@H]1[C@H](OC(=O)Nc2ccccc2)[C@@H](OC)O[C@H](CO)[C@H]1OC(=O)[C@@H](CC=C)Cc1ccccc1. The van der Waals surface area contributed by atoms with Gasteiger partial charge in [-0.25, -0.2) is 4.79 Å². The van der Waals surface area contributed by atoms with E-state index in [9.17, 15) is 19.5 Å². The average Bonchev–Trinajstić information content (AvgIpc) is 3.10. The number of hydrogen-bond acceptors (Lipinski definition) is 9. The molecule has 4 rings (SSSR count). The zero-order chi connectivity index (χ0) is 34.3. The highest BCUT2D eigenvalue weighted by atomic mass is 16.7. The second-order valence-electron chi connectivity index (χ2n) is 11.4. The Hall–Kier alpha value is -4.77. The van der Waals surface area contributed by atoms with Crippen LogP contribution in [-0.4, -0.2) is 67.6 Å². The van der Waals surface area contributed by atoms with E-state index in [1.807, 2.05) is 60.7 Å². The van der Waals surface area contributed by atoms with Crippen LogP contribution in [-0.2, 0) is 46.1 Å². The Morgan fingerprint density at radius 2 is 1.23 bits per heavy atom. The second kappa shape index (κ2) is 18.5. The normalized spacial score (nSPS) is 21.6. The van der Waals surface area contributed by atoms with Crippen molar-refractivity contribution in [1.82, 2.24) is 0 Å². The molecule has 0 aromatic heterocycles. The van der Waals surface area contributed by atoms with Crippen molar-refractivity contribution in [2.75, 3.05) is 19.0 Å². The minimum absolute atomic E-state index is 0.289. The predicted octanol–water partition coefficient (Wildman–Crippen LogP) is 5.66. The first-order chi connectivity index (χ1) is 23.4. The van der Waals surface area contributed by atoms with Crippen LogP contribution in [0.15, 0.2) is 116 Å². The van der Waals surface area contributed by atoms with Crippen molar-refractivity contribution in [2.24, 2.45) is 11.8 Å². The lowest BCUT2D eigenvalue weighted by atomic mass is 9.94. The van der Waals surface area contributed by atoms with Crippen molar-refractivity contribution >= 4 is 23.7 Å². The number of carbonyl (C=O) groups is 3. The number of amides is 1. The zero-order valence-corrected chi connectivity index (χ0v) is 27.0. The van der Waals surface area contributed by atoms with Gasteiger partial charge in [-0.2, -0.15) is 0 Å². The summed E-state index contributed by atoms with van der Waals surface area (Å²) in [4.78, 5) is 40.8. The van der Waals surface area contributed by atoms with E-state index in [4.69, 9.17) is 23.7 Å². The van der Waals surface area contributed by atoms with Gasteiger partial charge in [-0.3, -0.25) is 14.9 Å². The number of anilines is 1. The molecule has 3 aromatic rings. The van der Waals surface area contributed by atoms with Crippen LogP contribution in [0.25, 0.3) is 0 Å². The van der Waals surface area contributed by atoms with Gasteiger partial charge < -0.3 is 28.8 Å². The van der Waals surface area contributed by atoms with Gasteiger partial charge in [0.05, 0.1) is 18.4 Å². The Balaban J connectivity index is 1.66.